The van der Waals surface area contributed by atoms with Gasteiger partial charge in [-0.1, -0.05) is 17.7 Å². The maximum atomic E-state index is 11.5. The molecule has 18 heavy (non-hydrogen) atoms. The van der Waals surface area contributed by atoms with Gasteiger partial charge in [-0.3, -0.25) is 4.79 Å². The second-order valence-electron chi connectivity index (χ2n) is 4.97. The number of carbonyl (C=O) groups is 1. The maximum absolute atomic E-state index is 11.5. The largest absolute Gasteiger partial charge is 0.508 e. The number of phenolic OH excluding ortho intramolecular Hbond substituents is 1. The molecule has 2 rings (SSSR count). The summed E-state index contributed by atoms with van der Waals surface area (Å²) >= 11 is 6.29. The Morgan fingerprint density at radius 3 is 2.89 bits per heavy atom. The number of carbonyl (C=O) groups excluding carboxylic acids is 1. The highest BCUT2D eigenvalue weighted by Crippen LogP contribution is 2.39. The average Bonchev–Trinajstić information content (AvgIpc) is 2.35. The molecule has 1 saturated heterocycles. The summed E-state index contributed by atoms with van der Waals surface area (Å²) in [4.78, 5) is 11.5. The monoisotopic (exact) mass is 267 g/mol. The van der Waals surface area contributed by atoms with E-state index in [-0.39, 0.29) is 23.5 Å². The molecule has 0 aliphatic carbocycles. The van der Waals surface area contributed by atoms with Gasteiger partial charge < -0.3 is 10.4 Å². The summed E-state index contributed by atoms with van der Waals surface area (Å²) in [5.74, 6) is 0.523. The topological polar surface area (TPSA) is 49.3 Å². The molecular formula is C14H18ClNO2. The Morgan fingerprint density at radius 1 is 1.50 bits per heavy atom. The molecule has 0 bridgehead atoms. The summed E-state index contributed by atoms with van der Waals surface area (Å²) in [5, 5.41) is 13.8. The van der Waals surface area contributed by atoms with E-state index in [1.807, 2.05) is 13.0 Å². The molecule has 98 valence electrons. The maximum Gasteiger partial charge on any atom is 0.146 e. The first kappa shape index (κ1) is 13.4. The van der Waals surface area contributed by atoms with Gasteiger partial charge in [0.25, 0.3) is 0 Å². The minimum absolute atomic E-state index is 0.125. The number of phenols is 1. The number of hydrogen-bond donors (Lipinski definition) is 2. The Morgan fingerprint density at radius 2 is 2.22 bits per heavy atom. The highest BCUT2D eigenvalue weighted by atomic mass is 35.5. The molecule has 0 radical (unpaired) electrons. The first-order valence-corrected chi connectivity index (χ1v) is 6.60. The van der Waals surface area contributed by atoms with E-state index in [1.165, 1.54) is 0 Å². The van der Waals surface area contributed by atoms with Crippen molar-refractivity contribution < 1.29 is 9.90 Å². The predicted molar refractivity (Wildman–Crippen MR) is 72.3 cm³/mol. The van der Waals surface area contributed by atoms with E-state index in [0.717, 1.165) is 24.1 Å². The lowest BCUT2D eigenvalue weighted by Gasteiger charge is -2.30. The fourth-order valence-corrected chi connectivity index (χ4v) is 2.88. The molecule has 0 aromatic heterocycles. The molecule has 1 heterocycles. The number of halogens is 1. The number of benzene rings is 1. The minimum atomic E-state index is -0.125. The van der Waals surface area contributed by atoms with Crippen molar-refractivity contribution in [3.8, 4) is 5.75 Å². The quantitative estimate of drug-likeness (QED) is 0.866. The van der Waals surface area contributed by atoms with Crippen LogP contribution < -0.4 is 5.32 Å². The smallest absolute Gasteiger partial charge is 0.146 e. The third kappa shape index (κ3) is 2.52. The van der Waals surface area contributed by atoms with Crippen molar-refractivity contribution in [1.29, 1.82) is 0 Å². The van der Waals surface area contributed by atoms with Gasteiger partial charge in [0.1, 0.15) is 11.5 Å². The van der Waals surface area contributed by atoms with Crippen LogP contribution in [0.4, 0.5) is 0 Å². The standard InChI is InChI=1S/C14H18ClNO2/c1-8-3-4-12(18)13(14(8)15)10-5-6-16-11(7-10)9(2)17/h3-4,10-11,16,18H,5-7H2,1-2H3. The highest BCUT2D eigenvalue weighted by molar-refractivity contribution is 6.32. The molecule has 2 unspecified atom stereocenters. The number of rotatable bonds is 2. The first-order valence-electron chi connectivity index (χ1n) is 6.22. The van der Waals surface area contributed by atoms with E-state index in [1.54, 1.807) is 13.0 Å². The van der Waals surface area contributed by atoms with Gasteiger partial charge >= 0.3 is 0 Å². The second-order valence-corrected chi connectivity index (χ2v) is 5.35. The number of ketones is 1. The fraction of sp³-hybridized carbons (Fsp3) is 0.500. The second kappa shape index (κ2) is 5.29. The van der Waals surface area contributed by atoms with Crippen LogP contribution in [0, 0.1) is 6.92 Å². The minimum Gasteiger partial charge on any atom is -0.508 e. The van der Waals surface area contributed by atoms with E-state index in [2.05, 4.69) is 5.32 Å². The summed E-state index contributed by atoms with van der Waals surface area (Å²) in [6, 6.07) is 3.37. The summed E-state index contributed by atoms with van der Waals surface area (Å²) < 4.78 is 0. The molecule has 1 aromatic carbocycles. The van der Waals surface area contributed by atoms with Crippen LogP contribution in [-0.2, 0) is 4.79 Å². The third-order valence-electron chi connectivity index (χ3n) is 3.65. The summed E-state index contributed by atoms with van der Waals surface area (Å²) in [5.41, 5.74) is 1.76. The van der Waals surface area contributed by atoms with E-state index >= 15 is 0 Å². The lowest BCUT2D eigenvalue weighted by Crippen LogP contribution is -2.41. The zero-order valence-corrected chi connectivity index (χ0v) is 11.4. The Bertz CT molecular complexity index is 473. The highest BCUT2D eigenvalue weighted by Gasteiger charge is 2.28. The van der Waals surface area contributed by atoms with Crippen LogP contribution in [0.3, 0.4) is 0 Å². The van der Waals surface area contributed by atoms with Gasteiger partial charge in [0.05, 0.1) is 11.1 Å². The van der Waals surface area contributed by atoms with Crippen molar-refractivity contribution in [1.82, 2.24) is 5.32 Å². The first-order chi connectivity index (χ1) is 8.50. The van der Waals surface area contributed by atoms with Gasteiger partial charge in [0, 0.05) is 5.56 Å². The molecule has 1 aliphatic rings. The van der Waals surface area contributed by atoms with Crippen molar-refractivity contribution >= 4 is 17.4 Å². The number of aryl methyl sites for hydroxylation is 1. The lowest BCUT2D eigenvalue weighted by atomic mass is 9.84. The lowest BCUT2D eigenvalue weighted by molar-refractivity contribution is -0.119. The van der Waals surface area contributed by atoms with E-state index in [0.29, 0.717) is 11.4 Å². The summed E-state index contributed by atoms with van der Waals surface area (Å²) in [6.45, 7) is 4.30. The normalized spacial score (nSPS) is 23.9. The van der Waals surface area contributed by atoms with E-state index in [4.69, 9.17) is 11.6 Å². The Balaban J connectivity index is 2.31. The SMILES string of the molecule is CC(=O)C1CC(c2c(O)ccc(C)c2Cl)CCN1. The van der Waals surface area contributed by atoms with Gasteiger partial charge in [-0.15, -0.1) is 0 Å². The molecule has 3 nitrogen and oxygen atoms in total. The van der Waals surface area contributed by atoms with Gasteiger partial charge in [0.15, 0.2) is 0 Å². The molecule has 2 N–H and O–H groups in total. The van der Waals surface area contributed by atoms with Crippen LogP contribution in [0.5, 0.6) is 5.75 Å². The van der Waals surface area contributed by atoms with Gasteiger partial charge in [-0.25, -0.2) is 0 Å². The number of Topliss-reactive ketones (excluding diaryl/α,β-unsaturated/α-hetero) is 1. The summed E-state index contributed by atoms with van der Waals surface area (Å²) in [6.07, 6.45) is 1.59. The van der Waals surface area contributed by atoms with Gasteiger partial charge in [-0.2, -0.15) is 0 Å². The molecule has 0 saturated carbocycles. The average molecular weight is 268 g/mol. The Hall–Kier alpha value is -1.06. The van der Waals surface area contributed by atoms with E-state index < -0.39 is 0 Å². The zero-order chi connectivity index (χ0) is 13.3. The zero-order valence-electron chi connectivity index (χ0n) is 10.7. The molecular weight excluding hydrogens is 250 g/mol. The summed E-state index contributed by atoms with van der Waals surface area (Å²) in [7, 11) is 0. The van der Waals surface area contributed by atoms with Crippen LogP contribution in [0.2, 0.25) is 5.02 Å². The van der Waals surface area contributed by atoms with Crippen molar-refractivity contribution in [2.45, 2.75) is 38.6 Å². The third-order valence-corrected chi connectivity index (χ3v) is 4.15. The number of piperidine rings is 1. The van der Waals surface area contributed by atoms with Crippen LogP contribution in [0.1, 0.15) is 36.8 Å². The van der Waals surface area contributed by atoms with Gasteiger partial charge in [-0.05, 0) is 50.8 Å². The van der Waals surface area contributed by atoms with Gasteiger partial charge in [0.2, 0.25) is 0 Å². The van der Waals surface area contributed by atoms with E-state index in [9.17, 15) is 9.90 Å². The molecule has 1 aliphatic heterocycles. The molecule has 1 fully saturated rings. The van der Waals surface area contributed by atoms with Crippen LogP contribution >= 0.6 is 11.6 Å². The number of nitrogens with one attached hydrogen (secondary N) is 1. The fourth-order valence-electron chi connectivity index (χ4n) is 2.57. The number of hydrogen-bond acceptors (Lipinski definition) is 3. The molecule has 4 heteroatoms. The van der Waals surface area contributed by atoms with Crippen LogP contribution in [-0.4, -0.2) is 23.5 Å². The van der Waals surface area contributed by atoms with Crippen molar-refractivity contribution in [2.24, 2.45) is 0 Å². The Labute approximate surface area is 112 Å². The number of aromatic hydroxyl groups is 1. The van der Waals surface area contributed by atoms with Crippen molar-refractivity contribution in [3.63, 3.8) is 0 Å². The van der Waals surface area contributed by atoms with Crippen LogP contribution in [0.15, 0.2) is 12.1 Å². The van der Waals surface area contributed by atoms with Crippen molar-refractivity contribution in [3.05, 3.63) is 28.3 Å². The molecule has 0 amide bonds. The molecule has 0 spiro atoms. The molecule has 1 aromatic rings. The Kier molecular flexibility index (Phi) is 3.93. The molecule has 2 atom stereocenters. The van der Waals surface area contributed by atoms with Crippen molar-refractivity contribution in [2.75, 3.05) is 6.54 Å². The van der Waals surface area contributed by atoms with Crippen LogP contribution in [0.25, 0.3) is 0 Å². The predicted octanol–water partition coefficient (Wildman–Crippen LogP) is 2.78.